The van der Waals surface area contributed by atoms with Crippen molar-refractivity contribution in [2.45, 2.75) is 20.1 Å². The van der Waals surface area contributed by atoms with Crippen LogP contribution in [0.15, 0.2) is 53.8 Å². The van der Waals surface area contributed by atoms with Crippen molar-refractivity contribution < 1.29 is 27.8 Å². The fourth-order valence-corrected chi connectivity index (χ4v) is 3.15. The number of esters is 1. The van der Waals surface area contributed by atoms with E-state index in [-0.39, 0.29) is 22.9 Å². The van der Waals surface area contributed by atoms with E-state index in [1.54, 1.807) is 24.3 Å². The predicted molar refractivity (Wildman–Crippen MR) is 109 cm³/mol. The molecule has 1 amide bonds. The minimum Gasteiger partial charge on any atom is -0.444 e. The first-order valence-corrected chi connectivity index (χ1v) is 9.65. The molecule has 0 N–H and O–H groups in total. The van der Waals surface area contributed by atoms with Gasteiger partial charge in [0.25, 0.3) is 5.90 Å². The first kappa shape index (κ1) is 21.4. The summed E-state index contributed by atoms with van der Waals surface area (Å²) in [5.74, 6) is -3.04. The molecular weight excluding hydrogens is 446 g/mol. The standard InChI is InChI=1S/C21H15ClF2N4O4/c1-11(29)28-21(16-8-5-14(23)9-17(16)24)32-20(26-28)19-18(31-12(2)30)10-27(25-19)15-6-3-13(22)4-7-15/h3-10,21H,1-2H3. The summed E-state index contributed by atoms with van der Waals surface area (Å²) in [6.07, 6.45) is 0.129. The average molecular weight is 461 g/mol. The van der Waals surface area contributed by atoms with E-state index in [2.05, 4.69) is 10.2 Å². The van der Waals surface area contributed by atoms with Gasteiger partial charge in [-0.15, -0.1) is 5.10 Å². The maximum atomic E-state index is 14.4. The summed E-state index contributed by atoms with van der Waals surface area (Å²) >= 11 is 5.92. The molecule has 1 aliphatic heterocycles. The lowest BCUT2D eigenvalue weighted by Crippen LogP contribution is -2.26. The molecule has 0 spiro atoms. The molecule has 11 heteroatoms. The minimum atomic E-state index is -1.30. The number of hydrazone groups is 1. The van der Waals surface area contributed by atoms with Gasteiger partial charge in [-0.3, -0.25) is 9.59 Å². The Balaban J connectivity index is 1.76. The molecular formula is C21H15ClF2N4O4. The fraction of sp³-hybridized carbons (Fsp3) is 0.143. The zero-order chi connectivity index (χ0) is 23.0. The van der Waals surface area contributed by atoms with Gasteiger partial charge in [0.15, 0.2) is 11.4 Å². The van der Waals surface area contributed by atoms with Crippen molar-refractivity contribution in [3.63, 3.8) is 0 Å². The summed E-state index contributed by atoms with van der Waals surface area (Å²) in [5, 5.41) is 9.86. The van der Waals surface area contributed by atoms with Gasteiger partial charge >= 0.3 is 5.97 Å². The Bertz CT molecular complexity index is 1240. The highest BCUT2D eigenvalue weighted by molar-refractivity contribution is 6.30. The second-order valence-electron chi connectivity index (χ2n) is 6.76. The van der Waals surface area contributed by atoms with Crippen LogP contribution in [-0.2, 0) is 14.3 Å². The van der Waals surface area contributed by atoms with Crippen LogP contribution in [0.5, 0.6) is 5.75 Å². The number of amides is 1. The molecule has 0 radical (unpaired) electrons. The van der Waals surface area contributed by atoms with Crippen LogP contribution >= 0.6 is 11.6 Å². The highest BCUT2D eigenvalue weighted by Gasteiger charge is 2.37. The number of nitrogens with zero attached hydrogens (tertiary/aromatic N) is 4. The third-order valence-corrected chi connectivity index (χ3v) is 4.68. The molecule has 1 unspecified atom stereocenters. The molecule has 32 heavy (non-hydrogen) atoms. The van der Waals surface area contributed by atoms with Gasteiger partial charge in [0.2, 0.25) is 12.1 Å². The highest BCUT2D eigenvalue weighted by Crippen LogP contribution is 2.34. The number of hydrogen-bond donors (Lipinski definition) is 0. The highest BCUT2D eigenvalue weighted by atomic mass is 35.5. The lowest BCUT2D eigenvalue weighted by atomic mass is 10.1. The van der Waals surface area contributed by atoms with Gasteiger partial charge in [0.05, 0.1) is 17.4 Å². The van der Waals surface area contributed by atoms with E-state index in [1.165, 1.54) is 24.7 Å². The summed E-state index contributed by atoms with van der Waals surface area (Å²) < 4.78 is 40.1. The third kappa shape index (κ3) is 4.17. The summed E-state index contributed by atoms with van der Waals surface area (Å²) in [5.41, 5.74) is 0.496. The van der Waals surface area contributed by atoms with E-state index < -0.39 is 29.7 Å². The molecule has 8 nitrogen and oxygen atoms in total. The molecule has 164 valence electrons. The van der Waals surface area contributed by atoms with Crippen molar-refractivity contribution in [3.8, 4) is 11.4 Å². The van der Waals surface area contributed by atoms with Crippen LogP contribution in [0.4, 0.5) is 8.78 Å². The van der Waals surface area contributed by atoms with Crippen LogP contribution in [0.3, 0.4) is 0 Å². The van der Waals surface area contributed by atoms with E-state index in [1.807, 2.05) is 0 Å². The molecule has 1 atom stereocenters. The van der Waals surface area contributed by atoms with Crippen LogP contribution in [-0.4, -0.2) is 32.6 Å². The average Bonchev–Trinajstić information content (AvgIpc) is 3.33. The monoisotopic (exact) mass is 460 g/mol. The fourth-order valence-electron chi connectivity index (χ4n) is 3.03. The Labute approximate surface area is 185 Å². The van der Waals surface area contributed by atoms with Crippen LogP contribution < -0.4 is 4.74 Å². The normalized spacial score (nSPS) is 15.3. The summed E-state index contributed by atoms with van der Waals surface area (Å²) in [4.78, 5) is 23.7. The van der Waals surface area contributed by atoms with Crippen LogP contribution in [0.25, 0.3) is 5.69 Å². The van der Waals surface area contributed by atoms with Gasteiger partial charge in [-0.2, -0.15) is 10.1 Å². The molecule has 0 bridgehead atoms. The number of aromatic nitrogens is 2. The van der Waals surface area contributed by atoms with E-state index in [0.29, 0.717) is 16.8 Å². The van der Waals surface area contributed by atoms with E-state index >= 15 is 0 Å². The Morgan fingerprint density at radius 3 is 2.47 bits per heavy atom. The van der Waals surface area contributed by atoms with Crippen molar-refractivity contribution in [2.75, 3.05) is 0 Å². The zero-order valence-corrected chi connectivity index (χ0v) is 17.5. The number of rotatable bonds is 4. The van der Waals surface area contributed by atoms with Crippen molar-refractivity contribution in [3.05, 3.63) is 76.6 Å². The minimum absolute atomic E-state index is 0.00594. The lowest BCUT2D eigenvalue weighted by molar-refractivity contribution is -0.135. The molecule has 1 aliphatic rings. The Hall–Kier alpha value is -3.79. The van der Waals surface area contributed by atoms with Crippen LogP contribution in [0, 0.1) is 11.6 Å². The Kier molecular flexibility index (Phi) is 5.62. The van der Waals surface area contributed by atoms with E-state index in [9.17, 15) is 18.4 Å². The second-order valence-corrected chi connectivity index (χ2v) is 7.20. The molecule has 2 aromatic carbocycles. The Morgan fingerprint density at radius 2 is 1.84 bits per heavy atom. The molecule has 0 saturated heterocycles. The number of ether oxygens (including phenoxy) is 2. The quantitative estimate of drug-likeness (QED) is 0.550. The summed E-state index contributed by atoms with van der Waals surface area (Å²) in [6, 6.07) is 9.55. The number of benzene rings is 2. The largest absolute Gasteiger partial charge is 0.444 e. The molecule has 4 rings (SSSR count). The molecule has 0 fully saturated rings. The van der Waals surface area contributed by atoms with Crippen LogP contribution in [0.2, 0.25) is 5.02 Å². The first-order chi connectivity index (χ1) is 15.2. The van der Waals surface area contributed by atoms with Gasteiger partial charge in [0, 0.05) is 24.9 Å². The third-order valence-electron chi connectivity index (χ3n) is 4.42. The van der Waals surface area contributed by atoms with Crippen LogP contribution in [0.1, 0.15) is 31.3 Å². The molecule has 0 saturated carbocycles. The molecule has 1 aromatic heterocycles. The second kappa shape index (κ2) is 8.39. The van der Waals surface area contributed by atoms with Crippen molar-refractivity contribution in [2.24, 2.45) is 5.10 Å². The summed E-state index contributed by atoms with van der Waals surface area (Å²) in [6.45, 7) is 2.42. The van der Waals surface area contributed by atoms with Gasteiger partial charge < -0.3 is 9.47 Å². The molecule has 3 aromatic rings. The first-order valence-electron chi connectivity index (χ1n) is 9.27. The predicted octanol–water partition coefficient (Wildman–Crippen LogP) is 3.97. The SMILES string of the molecule is CC(=O)Oc1cn(-c2ccc(Cl)cc2)nc1C1=NN(C(C)=O)C(c2ccc(F)cc2F)O1. The molecule has 2 heterocycles. The number of halogens is 3. The van der Waals surface area contributed by atoms with Gasteiger partial charge in [-0.05, 0) is 36.4 Å². The summed E-state index contributed by atoms with van der Waals surface area (Å²) in [7, 11) is 0. The van der Waals surface area contributed by atoms with Crippen molar-refractivity contribution in [1.29, 1.82) is 0 Å². The number of hydrogen-bond acceptors (Lipinski definition) is 6. The molecule has 0 aliphatic carbocycles. The number of carbonyl (C=O) groups is 2. The van der Waals surface area contributed by atoms with Crippen molar-refractivity contribution in [1.82, 2.24) is 14.8 Å². The number of carbonyl (C=O) groups excluding carboxylic acids is 2. The maximum absolute atomic E-state index is 14.4. The van der Waals surface area contributed by atoms with Gasteiger partial charge in [0.1, 0.15) is 11.6 Å². The lowest BCUT2D eigenvalue weighted by Gasteiger charge is -2.19. The van der Waals surface area contributed by atoms with Gasteiger partial charge in [-0.1, -0.05) is 11.6 Å². The maximum Gasteiger partial charge on any atom is 0.308 e. The van der Waals surface area contributed by atoms with Crippen molar-refractivity contribution >= 4 is 29.4 Å². The smallest absolute Gasteiger partial charge is 0.308 e. The van der Waals surface area contributed by atoms with Gasteiger partial charge in [-0.25, -0.2) is 13.5 Å². The van der Waals surface area contributed by atoms with E-state index in [0.717, 1.165) is 17.1 Å². The van der Waals surface area contributed by atoms with E-state index in [4.69, 9.17) is 21.1 Å². The Morgan fingerprint density at radius 1 is 1.12 bits per heavy atom. The topological polar surface area (TPSA) is 86.0 Å². The zero-order valence-electron chi connectivity index (χ0n) is 16.8.